The van der Waals surface area contributed by atoms with E-state index in [0.29, 0.717) is 24.4 Å². The van der Waals surface area contributed by atoms with Gasteiger partial charge in [0.1, 0.15) is 0 Å². The predicted molar refractivity (Wildman–Crippen MR) is 169 cm³/mol. The Kier molecular flexibility index (Phi) is 16.2. The van der Waals surface area contributed by atoms with E-state index in [0.717, 1.165) is 82.1 Å². The van der Waals surface area contributed by atoms with Crippen molar-refractivity contribution < 1.29 is 50.0 Å². The third-order valence-corrected chi connectivity index (χ3v) is 9.64. The molecule has 2 aromatic rings. The molecular weight excluding hydrogens is 767 g/mol. The van der Waals surface area contributed by atoms with Gasteiger partial charge in [0.2, 0.25) is 0 Å². The first-order valence-electron chi connectivity index (χ1n) is 13.1. The van der Waals surface area contributed by atoms with Gasteiger partial charge in [0.15, 0.2) is 11.6 Å². The predicted octanol–water partition coefficient (Wildman–Crippen LogP) is 6.03. The number of aryl methyl sites for hydroxylation is 1. The van der Waals surface area contributed by atoms with Gasteiger partial charge in [0.05, 0.1) is 12.2 Å². The number of Topliss-reactive ketones (excluding diaryl/α,β-unsaturated/α-hetero) is 2. The summed E-state index contributed by atoms with van der Waals surface area (Å²) in [5.41, 5.74) is 4.12. The standard InChI is InChI=1S/C15H17BrO2.C9H7BrO.C6H12Br2O.Na.H/c1-18-12-4-6-15(7-5-12)9-10-2-3-11(16)8-13(10)14(15)17;10-7-3-1-6-2-4-9(11)8(6)5-7;1-9-6(2-4-7)3-5-8;;/h2-3,8,12H,4-7,9H2,1H3;1,3,5H,2,4H2;6H,2-5H2,1H3;;/q;;;+1;-1. The Morgan fingerprint density at radius 1 is 0.897 bits per heavy atom. The minimum absolute atomic E-state index is 0. The van der Waals surface area contributed by atoms with E-state index in [1.807, 2.05) is 30.3 Å². The van der Waals surface area contributed by atoms with Crippen LogP contribution in [0.2, 0.25) is 0 Å². The maximum atomic E-state index is 12.7. The fourth-order valence-electron chi connectivity index (χ4n) is 5.46. The van der Waals surface area contributed by atoms with Crippen LogP contribution in [0.4, 0.5) is 0 Å². The average molecular weight is 804 g/mol. The molecule has 1 saturated carbocycles. The molecule has 0 unspecified atom stereocenters. The van der Waals surface area contributed by atoms with Gasteiger partial charge in [0.25, 0.3) is 0 Å². The molecule has 0 heterocycles. The number of carbonyl (C=O) groups excluding carboxylic acids is 2. The molecule has 3 aliphatic carbocycles. The zero-order valence-electron chi connectivity index (χ0n) is 24.0. The van der Waals surface area contributed by atoms with Gasteiger partial charge in [-0.3, -0.25) is 9.59 Å². The summed E-state index contributed by atoms with van der Waals surface area (Å²) >= 11 is 13.5. The van der Waals surface area contributed by atoms with Crippen molar-refractivity contribution >= 4 is 75.3 Å². The molecule has 0 bridgehead atoms. The molecule has 0 saturated heterocycles. The second kappa shape index (κ2) is 17.7. The van der Waals surface area contributed by atoms with Crippen molar-refractivity contribution in [3.05, 3.63) is 67.6 Å². The quantitative estimate of drug-likeness (QED) is 0.265. The number of hydrogen-bond donors (Lipinski definition) is 0. The smallest absolute Gasteiger partial charge is 1.00 e. The zero-order chi connectivity index (χ0) is 27.7. The Bertz CT molecular complexity index is 1100. The number of methoxy groups -OCH3 is 2. The largest absolute Gasteiger partial charge is 1.00 e. The fraction of sp³-hybridized carbons (Fsp3) is 0.533. The maximum Gasteiger partial charge on any atom is 1.00 e. The first-order valence-corrected chi connectivity index (χ1v) is 16.9. The maximum absolute atomic E-state index is 12.7. The molecule has 3 aliphatic rings. The van der Waals surface area contributed by atoms with Crippen LogP contribution in [0.25, 0.3) is 0 Å². The number of rotatable bonds is 6. The number of ketones is 2. The van der Waals surface area contributed by atoms with E-state index in [-0.39, 0.29) is 42.2 Å². The van der Waals surface area contributed by atoms with E-state index in [9.17, 15) is 9.59 Å². The van der Waals surface area contributed by atoms with E-state index < -0.39 is 0 Å². The van der Waals surface area contributed by atoms with Crippen LogP contribution >= 0.6 is 63.7 Å². The van der Waals surface area contributed by atoms with E-state index in [4.69, 9.17) is 9.47 Å². The van der Waals surface area contributed by atoms with E-state index in [1.54, 1.807) is 14.2 Å². The van der Waals surface area contributed by atoms with Crippen LogP contribution in [0.5, 0.6) is 0 Å². The Balaban J connectivity index is 0.000000316. The molecule has 0 aliphatic heterocycles. The molecule has 1 spiro atoms. The third kappa shape index (κ3) is 9.82. The molecule has 0 amide bonds. The normalized spacial score (nSPS) is 20.9. The van der Waals surface area contributed by atoms with Crippen molar-refractivity contribution in [3.8, 4) is 0 Å². The molecule has 0 aromatic heterocycles. The molecule has 0 radical (unpaired) electrons. The second-order valence-corrected chi connectivity index (χ2v) is 13.5. The number of fused-ring (bicyclic) bond motifs is 2. The number of ether oxygens (including phenoxy) is 2. The summed E-state index contributed by atoms with van der Waals surface area (Å²) in [6.07, 6.45) is 9.45. The summed E-state index contributed by atoms with van der Waals surface area (Å²) in [5, 5.41) is 2.05. The molecular formula is C30H37Br4NaO4. The van der Waals surface area contributed by atoms with Gasteiger partial charge in [-0.15, -0.1) is 0 Å². The monoisotopic (exact) mass is 800 g/mol. The van der Waals surface area contributed by atoms with Crippen molar-refractivity contribution in [3.63, 3.8) is 0 Å². The molecule has 1 fully saturated rings. The number of hydrogen-bond acceptors (Lipinski definition) is 4. The van der Waals surface area contributed by atoms with Crippen LogP contribution in [-0.4, -0.2) is 48.7 Å². The molecule has 4 nitrogen and oxygen atoms in total. The first kappa shape index (κ1) is 35.8. The molecule has 5 rings (SSSR count). The van der Waals surface area contributed by atoms with Crippen LogP contribution in [-0.2, 0) is 22.3 Å². The van der Waals surface area contributed by atoms with Crippen molar-refractivity contribution in [2.75, 3.05) is 24.9 Å². The summed E-state index contributed by atoms with van der Waals surface area (Å²) in [7, 11) is 3.53. The second-order valence-electron chi connectivity index (χ2n) is 10.1. The van der Waals surface area contributed by atoms with Gasteiger partial charge in [0, 0.05) is 56.8 Å². The minimum Gasteiger partial charge on any atom is -1.00 e. The Labute approximate surface area is 290 Å². The summed E-state index contributed by atoms with van der Waals surface area (Å²) in [6.45, 7) is 0. The molecule has 39 heavy (non-hydrogen) atoms. The molecule has 2 aromatic carbocycles. The summed E-state index contributed by atoms with van der Waals surface area (Å²) in [6, 6.07) is 12.0. The van der Waals surface area contributed by atoms with Gasteiger partial charge >= 0.3 is 29.6 Å². The van der Waals surface area contributed by atoms with Crippen LogP contribution in [0, 0.1) is 5.41 Å². The zero-order valence-corrected chi connectivity index (χ0v) is 31.4. The number of benzene rings is 2. The topological polar surface area (TPSA) is 52.6 Å². The van der Waals surface area contributed by atoms with Gasteiger partial charge < -0.3 is 10.9 Å². The van der Waals surface area contributed by atoms with E-state index in [2.05, 4.69) is 69.8 Å². The molecule has 0 atom stereocenters. The van der Waals surface area contributed by atoms with Gasteiger partial charge in [-0.25, -0.2) is 0 Å². The van der Waals surface area contributed by atoms with Crippen LogP contribution in [0.3, 0.4) is 0 Å². The Hall–Kier alpha value is 0.620. The number of halogens is 4. The van der Waals surface area contributed by atoms with Crippen molar-refractivity contribution in [1.29, 1.82) is 0 Å². The van der Waals surface area contributed by atoms with Crippen LogP contribution in [0.15, 0.2) is 45.3 Å². The number of carbonyl (C=O) groups is 2. The van der Waals surface area contributed by atoms with Gasteiger partial charge in [-0.05, 0) is 86.8 Å². The first-order chi connectivity index (χ1) is 18.3. The fourth-order valence-corrected chi connectivity index (χ4v) is 7.20. The molecule has 9 heteroatoms. The molecule has 0 N–H and O–H groups in total. The van der Waals surface area contributed by atoms with E-state index >= 15 is 0 Å². The van der Waals surface area contributed by atoms with Crippen molar-refractivity contribution in [2.45, 2.75) is 70.0 Å². The van der Waals surface area contributed by atoms with Crippen molar-refractivity contribution in [2.24, 2.45) is 5.41 Å². The minimum atomic E-state index is -0.127. The summed E-state index contributed by atoms with van der Waals surface area (Å²) < 4.78 is 12.6. The Morgan fingerprint density at radius 3 is 2.00 bits per heavy atom. The number of alkyl halides is 2. The van der Waals surface area contributed by atoms with Crippen LogP contribution in [0.1, 0.15) is 78.2 Å². The SMILES string of the molecule is COC(CCBr)CCBr.COC1CCC2(CC1)Cc1ccc(Br)cc1C2=O.O=C1CCc2ccc(Br)cc21.[H-].[Na+]. The van der Waals surface area contributed by atoms with E-state index in [1.165, 1.54) is 11.1 Å². The third-order valence-electron chi connectivity index (χ3n) is 7.74. The summed E-state index contributed by atoms with van der Waals surface area (Å²) in [4.78, 5) is 23.9. The van der Waals surface area contributed by atoms with Crippen LogP contribution < -0.4 is 29.6 Å². The van der Waals surface area contributed by atoms with Gasteiger partial charge in [-0.1, -0.05) is 75.9 Å². The van der Waals surface area contributed by atoms with Crippen molar-refractivity contribution in [1.82, 2.24) is 0 Å². The molecule has 210 valence electrons. The summed E-state index contributed by atoms with van der Waals surface area (Å²) in [5.74, 6) is 0.634. The average Bonchev–Trinajstić information content (AvgIpc) is 3.41. The Morgan fingerprint density at radius 2 is 1.46 bits per heavy atom. The van der Waals surface area contributed by atoms with Gasteiger partial charge in [-0.2, -0.15) is 0 Å².